The number of hydrogen-bond donors (Lipinski definition) is 1. The van der Waals surface area contributed by atoms with Crippen LogP contribution < -0.4 is 9.62 Å². The van der Waals surface area contributed by atoms with Crippen LogP contribution in [0, 0.1) is 6.92 Å². The molecule has 0 radical (unpaired) electrons. The van der Waals surface area contributed by atoms with Crippen molar-refractivity contribution in [1.29, 1.82) is 0 Å². The molecule has 0 aliphatic rings. The number of halogens is 2. The summed E-state index contributed by atoms with van der Waals surface area (Å²) >= 11 is 9.80. The van der Waals surface area contributed by atoms with E-state index in [2.05, 4.69) is 21.2 Å². The molecule has 39 heavy (non-hydrogen) atoms. The Bertz CT molecular complexity index is 1440. The second-order valence-corrected chi connectivity index (χ2v) is 13.5. The first-order valence-electron chi connectivity index (χ1n) is 12.4. The fraction of sp³-hybridized carbons (Fsp3) is 0.310. The van der Waals surface area contributed by atoms with E-state index in [1.54, 1.807) is 50.2 Å². The Kier molecular flexibility index (Phi) is 9.85. The Morgan fingerprint density at radius 2 is 1.64 bits per heavy atom. The Hall–Kier alpha value is -2.88. The van der Waals surface area contributed by atoms with Gasteiger partial charge in [0, 0.05) is 21.6 Å². The van der Waals surface area contributed by atoms with E-state index < -0.39 is 34.1 Å². The third kappa shape index (κ3) is 7.84. The number of benzene rings is 3. The maximum Gasteiger partial charge on any atom is 0.264 e. The Morgan fingerprint density at radius 3 is 2.26 bits per heavy atom. The predicted molar refractivity (Wildman–Crippen MR) is 159 cm³/mol. The number of amides is 2. The summed E-state index contributed by atoms with van der Waals surface area (Å²) < 4.78 is 29.6. The molecule has 0 spiro atoms. The van der Waals surface area contributed by atoms with E-state index >= 15 is 0 Å². The van der Waals surface area contributed by atoms with Gasteiger partial charge in [0.05, 0.1) is 10.6 Å². The molecule has 208 valence electrons. The monoisotopic (exact) mass is 633 g/mol. The second kappa shape index (κ2) is 12.5. The molecule has 0 saturated carbocycles. The molecule has 0 aliphatic heterocycles. The summed E-state index contributed by atoms with van der Waals surface area (Å²) in [6.45, 7) is 8.48. The minimum atomic E-state index is -4.16. The minimum absolute atomic E-state index is 0.0363. The first-order chi connectivity index (χ1) is 18.2. The molecule has 0 heterocycles. The van der Waals surface area contributed by atoms with Gasteiger partial charge in [0.2, 0.25) is 11.8 Å². The van der Waals surface area contributed by atoms with Crippen LogP contribution in [-0.4, -0.2) is 43.3 Å². The number of anilines is 1. The second-order valence-electron chi connectivity index (χ2n) is 10.3. The van der Waals surface area contributed by atoms with Crippen molar-refractivity contribution in [1.82, 2.24) is 10.2 Å². The van der Waals surface area contributed by atoms with E-state index in [1.807, 2.05) is 45.0 Å². The maximum absolute atomic E-state index is 14.0. The van der Waals surface area contributed by atoms with Crippen molar-refractivity contribution in [2.45, 2.75) is 57.6 Å². The fourth-order valence-corrected chi connectivity index (χ4v) is 6.10. The topological polar surface area (TPSA) is 86.8 Å². The molecule has 7 nitrogen and oxygen atoms in total. The van der Waals surface area contributed by atoms with Gasteiger partial charge in [-0.15, -0.1) is 0 Å². The van der Waals surface area contributed by atoms with Gasteiger partial charge in [-0.05, 0) is 82.1 Å². The number of nitrogens with zero attached hydrogens (tertiary/aromatic N) is 2. The van der Waals surface area contributed by atoms with Gasteiger partial charge < -0.3 is 10.2 Å². The summed E-state index contributed by atoms with van der Waals surface area (Å²) in [4.78, 5) is 28.6. The highest BCUT2D eigenvalue weighted by molar-refractivity contribution is 9.10. The molecule has 0 fully saturated rings. The van der Waals surface area contributed by atoms with Crippen molar-refractivity contribution in [3.05, 3.63) is 93.4 Å². The summed E-state index contributed by atoms with van der Waals surface area (Å²) in [5.74, 6) is -0.882. The molecule has 2 amide bonds. The summed E-state index contributed by atoms with van der Waals surface area (Å²) in [5.41, 5.74) is 1.07. The van der Waals surface area contributed by atoms with E-state index in [0.29, 0.717) is 10.6 Å². The molecule has 0 aromatic heterocycles. The Labute approximate surface area is 244 Å². The number of hydrogen-bond acceptors (Lipinski definition) is 4. The van der Waals surface area contributed by atoms with Gasteiger partial charge in [-0.3, -0.25) is 13.9 Å². The summed E-state index contributed by atoms with van der Waals surface area (Å²) in [5, 5.41) is 3.29. The van der Waals surface area contributed by atoms with Crippen LogP contribution in [0.15, 0.2) is 82.2 Å². The van der Waals surface area contributed by atoms with Gasteiger partial charge in [-0.1, -0.05) is 63.9 Å². The lowest BCUT2D eigenvalue weighted by Crippen LogP contribution is -2.54. The molecular formula is C29H33BrClN3O4S. The van der Waals surface area contributed by atoms with Gasteiger partial charge in [0.1, 0.15) is 12.6 Å². The molecule has 0 bridgehead atoms. The summed E-state index contributed by atoms with van der Waals surface area (Å²) in [7, 11) is -4.16. The maximum atomic E-state index is 14.0. The molecule has 3 rings (SSSR count). The quantitative estimate of drug-likeness (QED) is 0.316. The number of rotatable bonds is 9. The minimum Gasteiger partial charge on any atom is -0.350 e. The number of carbonyl (C=O) groups is 2. The Morgan fingerprint density at radius 1 is 1.00 bits per heavy atom. The molecule has 0 aliphatic carbocycles. The van der Waals surface area contributed by atoms with Gasteiger partial charge in [0.25, 0.3) is 10.0 Å². The van der Waals surface area contributed by atoms with Gasteiger partial charge in [-0.25, -0.2) is 8.42 Å². The zero-order valence-electron chi connectivity index (χ0n) is 22.6. The van der Waals surface area contributed by atoms with E-state index in [0.717, 1.165) is 14.3 Å². The average molecular weight is 635 g/mol. The van der Waals surface area contributed by atoms with Crippen molar-refractivity contribution in [2.75, 3.05) is 10.8 Å². The van der Waals surface area contributed by atoms with Crippen molar-refractivity contribution >= 4 is 55.1 Å². The van der Waals surface area contributed by atoms with E-state index in [1.165, 1.54) is 17.0 Å². The lowest BCUT2D eigenvalue weighted by Gasteiger charge is -2.34. The van der Waals surface area contributed by atoms with Crippen LogP contribution in [-0.2, 0) is 26.2 Å². The molecule has 1 atom stereocenters. The lowest BCUT2D eigenvalue weighted by atomic mass is 10.1. The van der Waals surface area contributed by atoms with E-state index in [-0.39, 0.29) is 23.0 Å². The highest BCUT2D eigenvalue weighted by Crippen LogP contribution is 2.31. The van der Waals surface area contributed by atoms with Crippen molar-refractivity contribution in [2.24, 2.45) is 0 Å². The normalized spacial score (nSPS) is 12.5. The zero-order valence-corrected chi connectivity index (χ0v) is 25.8. The SMILES string of the molecule is Cc1c(Cl)cccc1N(CC(=O)N(Cc1cccc(Br)c1)[C@H](C)C(=O)NC(C)(C)C)S(=O)(=O)c1ccccc1. The summed E-state index contributed by atoms with van der Waals surface area (Å²) in [6, 6.07) is 19.4. The molecule has 0 saturated heterocycles. The zero-order chi connectivity index (χ0) is 29.0. The summed E-state index contributed by atoms with van der Waals surface area (Å²) in [6.07, 6.45) is 0. The van der Waals surface area contributed by atoms with Crippen LogP contribution in [0.2, 0.25) is 5.02 Å². The Balaban J connectivity index is 2.07. The van der Waals surface area contributed by atoms with Crippen LogP contribution >= 0.6 is 27.5 Å². The van der Waals surface area contributed by atoms with E-state index in [4.69, 9.17) is 11.6 Å². The van der Waals surface area contributed by atoms with Gasteiger partial charge >= 0.3 is 0 Å². The molecule has 10 heteroatoms. The first kappa shape index (κ1) is 30.7. The van der Waals surface area contributed by atoms with Crippen LogP contribution in [0.5, 0.6) is 0 Å². The predicted octanol–water partition coefficient (Wildman–Crippen LogP) is 5.94. The number of sulfonamides is 1. The standard InChI is InChI=1S/C29H33BrClN3O4S/c1-20-25(31)15-10-16-26(20)34(39(37,38)24-13-7-6-8-14-24)19-27(35)33(18-22-11-9-12-23(30)17-22)21(2)28(36)32-29(3,4)5/h6-17,21H,18-19H2,1-5H3,(H,32,36)/t21-/m1/s1. The van der Waals surface area contributed by atoms with Crippen LogP contribution in [0.1, 0.15) is 38.8 Å². The lowest BCUT2D eigenvalue weighted by molar-refractivity contribution is -0.140. The van der Waals surface area contributed by atoms with E-state index in [9.17, 15) is 18.0 Å². The van der Waals surface area contributed by atoms with Gasteiger partial charge in [0.15, 0.2) is 0 Å². The smallest absolute Gasteiger partial charge is 0.264 e. The molecule has 0 unspecified atom stereocenters. The van der Waals surface area contributed by atoms with Crippen LogP contribution in [0.3, 0.4) is 0 Å². The van der Waals surface area contributed by atoms with Gasteiger partial charge in [-0.2, -0.15) is 0 Å². The third-order valence-electron chi connectivity index (χ3n) is 6.03. The van der Waals surface area contributed by atoms with Crippen molar-refractivity contribution < 1.29 is 18.0 Å². The number of nitrogens with one attached hydrogen (secondary N) is 1. The average Bonchev–Trinajstić information content (AvgIpc) is 2.86. The van der Waals surface area contributed by atoms with Crippen LogP contribution in [0.25, 0.3) is 0 Å². The first-order valence-corrected chi connectivity index (χ1v) is 15.0. The highest BCUT2D eigenvalue weighted by atomic mass is 79.9. The molecule has 3 aromatic rings. The third-order valence-corrected chi connectivity index (χ3v) is 8.70. The van der Waals surface area contributed by atoms with Crippen molar-refractivity contribution in [3.63, 3.8) is 0 Å². The fourth-order valence-electron chi connectivity index (χ4n) is 3.99. The molecule has 1 N–H and O–H groups in total. The highest BCUT2D eigenvalue weighted by Gasteiger charge is 2.34. The largest absolute Gasteiger partial charge is 0.350 e. The number of carbonyl (C=O) groups excluding carboxylic acids is 2. The van der Waals surface area contributed by atoms with Crippen LogP contribution in [0.4, 0.5) is 5.69 Å². The molecule has 3 aromatic carbocycles. The van der Waals surface area contributed by atoms with Crippen molar-refractivity contribution in [3.8, 4) is 0 Å². The molecular weight excluding hydrogens is 602 g/mol.